The van der Waals surface area contributed by atoms with Gasteiger partial charge in [-0.15, -0.1) is 0 Å². The lowest BCUT2D eigenvalue weighted by Gasteiger charge is -2.25. The lowest BCUT2D eigenvalue weighted by Crippen LogP contribution is -2.58. The van der Waals surface area contributed by atoms with Crippen molar-refractivity contribution >= 4 is 35.5 Å². The summed E-state index contributed by atoms with van der Waals surface area (Å²) in [7, 11) is 0. The van der Waals surface area contributed by atoms with Gasteiger partial charge < -0.3 is 42.0 Å². The number of carboxylic acid groups (broad SMARTS) is 1. The molecule has 2 rings (SSSR count). The van der Waals surface area contributed by atoms with Crippen LogP contribution in [0.3, 0.4) is 0 Å². The van der Waals surface area contributed by atoms with E-state index >= 15 is 0 Å². The molecule has 0 fully saturated rings. The minimum atomic E-state index is -1.53. The number of benzene rings is 1. The Morgan fingerprint density at radius 1 is 1.00 bits per heavy atom. The zero-order chi connectivity index (χ0) is 27.4. The summed E-state index contributed by atoms with van der Waals surface area (Å²) in [6.07, 6.45) is 5.14. The average molecular weight is 537 g/mol. The first-order valence-electron chi connectivity index (χ1n) is 11.4. The summed E-state index contributed by atoms with van der Waals surface area (Å²) in [5.74, 6) is -3.00. The number of imidazole rings is 1. The number of hydrogen-bond acceptors (Lipinski definition) is 9. The fourth-order valence-corrected chi connectivity index (χ4v) is 3.79. The van der Waals surface area contributed by atoms with Crippen LogP contribution in [0.4, 0.5) is 0 Å². The highest BCUT2D eigenvalue weighted by molar-refractivity contribution is 7.98. The number of aliphatic hydroxyl groups is 1. The molecular formula is C23H32N6O7S. The molecular weight excluding hydrogens is 504 g/mol. The van der Waals surface area contributed by atoms with Gasteiger partial charge in [0.05, 0.1) is 19.0 Å². The molecule has 0 saturated heterocycles. The highest BCUT2D eigenvalue weighted by Crippen LogP contribution is 2.12. The fourth-order valence-electron chi connectivity index (χ4n) is 3.32. The van der Waals surface area contributed by atoms with Gasteiger partial charge in [-0.3, -0.25) is 14.4 Å². The van der Waals surface area contributed by atoms with E-state index in [9.17, 15) is 29.4 Å². The lowest BCUT2D eigenvalue weighted by molar-refractivity contribution is -0.143. The van der Waals surface area contributed by atoms with Crippen LogP contribution < -0.4 is 21.7 Å². The second kappa shape index (κ2) is 14.8. The standard InChI is InChI=1S/C23H32N6O7S/c1-37-7-6-17(21(33)29-19(11-30)23(35)36)27-22(34)18(8-13-2-4-15(31)5-3-13)28-20(32)16(24)9-14-10-25-12-26-14/h2-5,10,12,16-19,30-31H,6-9,11,24H2,1H3,(H,25,26)(H,27,34)(H,28,32)(H,29,33)(H,35,36). The van der Waals surface area contributed by atoms with Crippen LogP contribution in [-0.4, -0.2) is 91.8 Å². The second-order valence-electron chi connectivity index (χ2n) is 8.24. The van der Waals surface area contributed by atoms with Crippen molar-refractivity contribution in [3.63, 3.8) is 0 Å². The number of amides is 3. The van der Waals surface area contributed by atoms with Gasteiger partial charge in [-0.25, -0.2) is 9.78 Å². The summed E-state index contributed by atoms with van der Waals surface area (Å²) in [5.41, 5.74) is 7.27. The number of aliphatic hydroxyl groups excluding tert-OH is 1. The van der Waals surface area contributed by atoms with Crippen molar-refractivity contribution in [1.29, 1.82) is 0 Å². The normalized spacial score (nSPS) is 14.1. The van der Waals surface area contributed by atoms with Gasteiger partial charge in [0.15, 0.2) is 0 Å². The van der Waals surface area contributed by atoms with Gasteiger partial charge in [0.25, 0.3) is 0 Å². The van der Waals surface area contributed by atoms with Crippen molar-refractivity contribution in [2.75, 3.05) is 18.6 Å². The molecule has 0 aliphatic rings. The maximum atomic E-state index is 13.3. The van der Waals surface area contributed by atoms with Crippen LogP contribution in [0.15, 0.2) is 36.8 Å². The zero-order valence-corrected chi connectivity index (χ0v) is 21.0. The largest absolute Gasteiger partial charge is 0.508 e. The van der Waals surface area contributed by atoms with Crippen LogP contribution in [0.1, 0.15) is 17.7 Å². The number of hydrogen-bond donors (Lipinski definition) is 8. The number of thioether (sulfide) groups is 1. The maximum absolute atomic E-state index is 13.3. The predicted octanol–water partition coefficient (Wildman–Crippen LogP) is -1.49. The SMILES string of the molecule is CSCCC(NC(=O)C(Cc1ccc(O)cc1)NC(=O)C(N)Cc1cnc[nH]1)C(=O)NC(CO)C(=O)O. The Morgan fingerprint density at radius 3 is 2.19 bits per heavy atom. The number of carboxylic acids is 1. The van der Waals surface area contributed by atoms with Gasteiger partial charge in [0.1, 0.15) is 23.9 Å². The number of phenolic OH excluding ortho intramolecular Hbond substituents is 1. The number of aromatic hydroxyl groups is 1. The summed E-state index contributed by atoms with van der Waals surface area (Å²) in [6, 6.07) is 1.26. The summed E-state index contributed by atoms with van der Waals surface area (Å²) >= 11 is 1.42. The molecule has 1 aromatic heterocycles. The molecule has 202 valence electrons. The molecule has 0 spiro atoms. The molecule has 2 aromatic rings. The van der Waals surface area contributed by atoms with Crippen LogP contribution >= 0.6 is 11.8 Å². The highest BCUT2D eigenvalue weighted by atomic mass is 32.2. The smallest absolute Gasteiger partial charge is 0.328 e. The Bertz CT molecular complexity index is 1030. The Labute approximate surface area is 217 Å². The van der Waals surface area contributed by atoms with Crippen molar-refractivity contribution in [2.24, 2.45) is 5.73 Å². The van der Waals surface area contributed by atoms with E-state index in [2.05, 4.69) is 25.9 Å². The monoisotopic (exact) mass is 536 g/mol. The molecule has 0 radical (unpaired) electrons. The van der Waals surface area contributed by atoms with E-state index < -0.39 is 54.5 Å². The maximum Gasteiger partial charge on any atom is 0.328 e. The quantitative estimate of drug-likeness (QED) is 0.132. The van der Waals surface area contributed by atoms with E-state index in [-0.39, 0.29) is 25.0 Å². The minimum Gasteiger partial charge on any atom is -0.508 e. The highest BCUT2D eigenvalue weighted by Gasteiger charge is 2.30. The van der Waals surface area contributed by atoms with Gasteiger partial charge in [0, 0.05) is 24.7 Å². The van der Waals surface area contributed by atoms with Crippen molar-refractivity contribution in [2.45, 2.75) is 43.4 Å². The van der Waals surface area contributed by atoms with Crippen LogP contribution in [0.25, 0.3) is 0 Å². The van der Waals surface area contributed by atoms with Gasteiger partial charge in [-0.2, -0.15) is 11.8 Å². The predicted molar refractivity (Wildman–Crippen MR) is 136 cm³/mol. The third kappa shape index (κ3) is 9.74. The van der Waals surface area contributed by atoms with E-state index in [1.54, 1.807) is 18.4 Å². The van der Waals surface area contributed by atoms with Crippen LogP contribution in [0, 0.1) is 0 Å². The molecule has 37 heavy (non-hydrogen) atoms. The molecule has 0 saturated carbocycles. The van der Waals surface area contributed by atoms with Crippen molar-refractivity contribution < 1.29 is 34.5 Å². The number of nitrogens with one attached hydrogen (secondary N) is 4. The van der Waals surface area contributed by atoms with Crippen molar-refractivity contribution in [3.05, 3.63) is 48.0 Å². The number of aromatic amines is 1. The van der Waals surface area contributed by atoms with E-state index in [0.717, 1.165) is 0 Å². The molecule has 3 amide bonds. The van der Waals surface area contributed by atoms with Crippen LogP contribution in [0.2, 0.25) is 0 Å². The fraction of sp³-hybridized carbons (Fsp3) is 0.435. The molecule has 4 unspecified atom stereocenters. The van der Waals surface area contributed by atoms with E-state index in [0.29, 0.717) is 17.0 Å². The molecule has 0 bridgehead atoms. The summed E-state index contributed by atoms with van der Waals surface area (Å²) in [6.45, 7) is -0.821. The number of aromatic nitrogens is 2. The van der Waals surface area contributed by atoms with E-state index in [1.165, 1.54) is 36.4 Å². The number of nitrogens with two attached hydrogens (primary N) is 1. The number of aliphatic carboxylic acids is 1. The Hall–Kier alpha value is -3.62. The third-order valence-corrected chi connectivity index (χ3v) is 6.03. The average Bonchev–Trinajstić information content (AvgIpc) is 3.38. The Kier molecular flexibility index (Phi) is 11.9. The van der Waals surface area contributed by atoms with Crippen LogP contribution in [0.5, 0.6) is 5.75 Å². The van der Waals surface area contributed by atoms with Gasteiger partial charge in [-0.1, -0.05) is 12.1 Å². The van der Waals surface area contributed by atoms with Crippen LogP contribution in [-0.2, 0) is 32.0 Å². The summed E-state index contributed by atoms with van der Waals surface area (Å²) in [5, 5.41) is 35.3. The van der Waals surface area contributed by atoms with Crippen molar-refractivity contribution in [3.8, 4) is 5.75 Å². The molecule has 0 aliphatic carbocycles. The number of rotatable bonds is 15. The molecule has 9 N–H and O–H groups in total. The molecule has 1 heterocycles. The topological polar surface area (TPSA) is 220 Å². The number of phenols is 1. The third-order valence-electron chi connectivity index (χ3n) is 5.38. The zero-order valence-electron chi connectivity index (χ0n) is 20.2. The summed E-state index contributed by atoms with van der Waals surface area (Å²) < 4.78 is 0. The van der Waals surface area contributed by atoms with Crippen molar-refractivity contribution in [1.82, 2.24) is 25.9 Å². The van der Waals surface area contributed by atoms with Gasteiger partial charge >= 0.3 is 5.97 Å². The molecule has 14 heteroatoms. The molecule has 13 nitrogen and oxygen atoms in total. The first kappa shape index (κ1) is 29.6. The first-order chi connectivity index (χ1) is 17.6. The molecule has 4 atom stereocenters. The van der Waals surface area contributed by atoms with E-state index in [1.807, 2.05) is 0 Å². The second-order valence-corrected chi connectivity index (χ2v) is 9.23. The number of H-pyrrole nitrogens is 1. The number of carbonyl (C=O) groups is 4. The number of carbonyl (C=O) groups excluding carboxylic acids is 3. The Morgan fingerprint density at radius 2 is 1.62 bits per heavy atom. The minimum absolute atomic E-state index is 0.0277. The Balaban J connectivity index is 2.19. The van der Waals surface area contributed by atoms with Gasteiger partial charge in [-0.05, 0) is 36.1 Å². The lowest BCUT2D eigenvalue weighted by atomic mass is 10.0. The van der Waals surface area contributed by atoms with Gasteiger partial charge in [0.2, 0.25) is 17.7 Å². The first-order valence-corrected chi connectivity index (χ1v) is 12.8. The molecule has 1 aromatic carbocycles. The van der Waals surface area contributed by atoms with E-state index in [4.69, 9.17) is 10.8 Å². The number of nitrogens with zero attached hydrogens (tertiary/aromatic N) is 1. The summed E-state index contributed by atoms with van der Waals surface area (Å²) in [4.78, 5) is 56.8. The molecule has 0 aliphatic heterocycles.